The number of hydrogen-bond acceptors (Lipinski definition) is 1. The van der Waals surface area contributed by atoms with Gasteiger partial charge >= 0.3 is 0 Å². The van der Waals surface area contributed by atoms with E-state index < -0.39 is 0 Å². The van der Waals surface area contributed by atoms with E-state index in [1.807, 2.05) is 6.07 Å². The van der Waals surface area contributed by atoms with Crippen LogP contribution in [-0.2, 0) is 0 Å². The molecule has 1 heteroatoms. The first-order valence-corrected chi connectivity index (χ1v) is 5.42. The smallest absolute Gasteiger partial charge is 0.00755 e. The van der Waals surface area contributed by atoms with Crippen LogP contribution in [0.15, 0.2) is 41.3 Å². The Morgan fingerprint density at radius 1 is 1.15 bits per heavy atom. The quantitative estimate of drug-likeness (QED) is 0.613. The summed E-state index contributed by atoms with van der Waals surface area (Å²) in [5.74, 6) is 0. The van der Waals surface area contributed by atoms with E-state index in [1.165, 1.54) is 15.7 Å². The fraction of sp³-hybridized carbons (Fsp3) is 0.0833. The van der Waals surface area contributed by atoms with E-state index in [9.17, 15) is 0 Å². The molecule has 0 nitrogen and oxygen atoms in total. The lowest BCUT2D eigenvalue weighted by Crippen LogP contribution is -1.78. The van der Waals surface area contributed by atoms with Crippen molar-refractivity contribution in [2.24, 2.45) is 0 Å². The van der Waals surface area contributed by atoms with Gasteiger partial charge in [0.25, 0.3) is 0 Å². The molecule has 2 aromatic carbocycles. The summed E-state index contributed by atoms with van der Waals surface area (Å²) in [7, 11) is 0. The number of rotatable bonds is 1. The predicted octanol–water partition coefficient (Wildman–Crippen LogP) is 3.74. The molecule has 0 saturated heterocycles. The second-order valence-electron chi connectivity index (χ2n) is 3.00. The minimum Gasteiger partial charge on any atom is -0.130 e. The zero-order valence-electron chi connectivity index (χ0n) is 7.58. The van der Waals surface area contributed by atoms with Gasteiger partial charge in [0.1, 0.15) is 0 Å². The van der Waals surface area contributed by atoms with Gasteiger partial charge in [0, 0.05) is 4.90 Å². The van der Waals surface area contributed by atoms with Crippen molar-refractivity contribution in [2.75, 3.05) is 6.26 Å². The van der Waals surface area contributed by atoms with Crippen LogP contribution in [0.25, 0.3) is 10.8 Å². The minimum atomic E-state index is 1.10. The maximum absolute atomic E-state index is 4.00. The highest BCUT2D eigenvalue weighted by Crippen LogP contribution is 2.23. The van der Waals surface area contributed by atoms with Gasteiger partial charge in [-0.15, -0.1) is 11.8 Å². The fourth-order valence-electron chi connectivity index (χ4n) is 1.46. The van der Waals surface area contributed by atoms with Gasteiger partial charge in [0.05, 0.1) is 0 Å². The van der Waals surface area contributed by atoms with Gasteiger partial charge in [-0.1, -0.05) is 24.3 Å². The minimum absolute atomic E-state index is 1.10. The molecule has 0 spiro atoms. The average molecular weight is 187 g/mol. The van der Waals surface area contributed by atoms with E-state index >= 15 is 0 Å². The van der Waals surface area contributed by atoms with Crippen LogP contribution < -0.4 is 0 Å². The van der Waals surface area contributed by atoms with Crippen molar-refractivity contribution in [3.63, 3.8) is 0 Å². The summed E-state index contributed by atoms with van der Waals surface area (Å²) in [4.78, 5) is 1.30. The van der Waals surface area contributed by atoms with Gasteiger partial charge in [-0.05, 0) is 41.6 Å². The van der Waals surface area contributed by atoms with E-state index in [-0.39, 0.29) is 0 Å². The molecule has 0 aromatic heterocycles. The van der Waals surface area contributed by atoms with Crippen LogP contribution in [0.1, 0.15) is 5.56 Å². The van der Waals surface area contributed by atoms with E-state index in [2.05, 4.69) is 43.5 Å². The van der Waals surface area contributed by atoms with Crippen molar-refractivity contribution in [1.82, 2.24) is 0 Å². The molecule has 0 heterocycles. The second-order valence-corrected chi connectivity index (χ2v) is 3.88. The molecule has 0 N–H and O–H groups in total. The number of benzene rings is 2. The fourth-order valence-corrected chi connectivity index (χ4v) is 1.90. The molecule has 2 aromatic rings. The van der Waals surface area contributed by atoms with Crippen molar-refractivity contribution in [3.05, 3.63) is 48.9 Å². The number of hydrogen-bond donors (Lipinski definition) is 0. The summed E-state index contributed by atoms with van der Waals surface area (Å²) in [6.07, 6.45) is 2.09. The Labute approximate surface area is 83.0 Å². The van der Waals surface area contributed by atoms with Crippen molar-refractivity contribution in [2.45, 2.75) is 4.90 Å². The SMILES string of the molecule is [CH2]c1cccc2cc(SC)ccc12. The molecule has 65 valence electrons. The summed E-state index contributed by atoms with van der Waals surface area (Å²) >= 11 is 1.77. The van der Waals surface area contributed by atoms with Crippen LogP contribution >= 0.6 is 11.8 Å². The van der Waals surface area contributed by atoms with Gasteiger partial charge in [-0.25, -0.2) is 0 Å². The zero-order valence-corrected chi connectivity index (χ0v) is 8.40. The molecule has 0 fully saturated rings. The normalized spacial score (nSPS) is 10.6. The highest BCUT2D eigenvalue weighted by molar-refractivity contribution is 7.98. The summed E-state index contributed by atoms with van der Waals surface area (Å²) in [6.45, 7) is 4.00. The van der Waals surface area contributed by atoms with Gasteiger partial charge in [0.2, 0.25) is 0 Å². The number of fused-ring (bicyclic) bond motifs is 1. The molecule has 0 aliphatic carbocycles. The van der Waals surface area contributed by atoms with E-state index in [4.69, 9.17) is 0 Å². The Kier molecular flexibility index (Phi) is 2.28. The molecular weight excluding hydrogens is 176 g/mol. The Morgan fingerprint density at radius 3 is 2.77 bits per heavy atom. The highest BCUT2D eigenvalue weighted by atomic mass is 32.2. The van der Waals surface area contributed by atoms with Crippen LogP contribution in [0.2, 0.25) is 0 Å². The molecule has 0 saturated carbocycles. The molecule has 0 bridgehead atoms. The monoisotopic (exact) mass is 187 g/mol. The molecule has 13 heavy (non-hydrogen) atoms. The molecule has 0 atom stereocenters. The summed E-state index contributed by atoms with van der Waals surface area (Å²) in [5, 5.41) is 2.53. The average Bonchev–Trinajstić information content (AvgIpc) is 2.18. The van der Waals surface area contributed by atoms with Crippen molar-refractivity contribution in [1.29, 1.82) is 0 Å². The van der Waals surface area contributed by atoms with Gasteiger partial charge in [-0.3, -0.25) is 0 Å². The largest absolute Gasteiger partial charge is 0.130 e. The molecule has 0 amide bonds. The first-order valence-electron chi connectivity index (χ1n) is 4.20. The summed E-state index contributed by atoms with van der Waals surface area (Å²) in [6, 6.07) is 12.7. The Hall–Kier alpha value is -0.950. The van der Waals surface area contributed by atoms with Crippen LogP contribution in [0.3, 0.4) is 0 Å². The van der Waals surface area contributed by atoms with E-state index in [1.54, 1.807) is 11.8 Å². The van der Waals surface area contributed by atoms with Gasteiger partial charge in [0.15, 0.2) is 0 Å². The number of thioether (sulfide) groups is 1. The van der Waals surface area contributed by atoms with Crippen molar-refractivity contribution < 1.29 is 0 Å². The third kappa shape index (κ3) is 1.56. The third-order valence-corrected chi connectivity index (χ3v) is 2.90. The first-order chi connectivity index (χ1) is 6.31. The van der Waals surface area contributed by atoms with Crippen LogP contribution in [0.4, 0.5) is 0 Å². The van der Waals surface area contributed by atoms with E-state index in [0.29, 0.717) is 0 Å². The third-order valence-electron chi connectivity index (χ3n) is 2.18. The molecule has 0 aliphatic rings. The lowest BCUT2D eigenvalue weighted by molar-refractivity contribution is 1.50. The maximum Gasteiger partial charge on any atom is 0.00755 e. The highest BCUT2D eigenvalue weighted by Gasteiger charge is 1.97. The summed E-state index contributed by atoms with van der Waals surface area (Å²) < 4.78 is 0. The Balaban J connectivity index is 2.72. The predicted molar refractivity (Wildman–Crippen MR) is 60.2 cm³/mol. The van der Waals surface area contributed by atoms with Gasteiger partial charge < -0.3 is 0 Å². The zero-order chi connectivity index (χ0) is 9.26. The van der Waals surface area contributed by atoms with Crippen LogP contribution in [0, 0.1) is 6.92 Å². The molecule has 1 radical (unpaired) electrons. The Morgan fingerprint density at radius 2 is 2.00 bits per heavy atom. The van der Waals surface area contributed by atoms with Crippen LogP contribution in [0.5, 0.6) is 0 Å². The van der Waals surface area contributed by atoms with Crippen LogP contribution in [-0.4, -0.2) is 6.26 Å². The lowest BCUT2D eigenvalue weighted by Gasteiger charge is -2.02. The second kappa shape index (κ2) is 3.43. The molecule has 0 unspecified atom stereocenters. The van der Waals surface area contributed by atoms with Crippen molar-refractivity contribution >= 4 is 22.5 Å². The lowest BCUT2D eigenvalue weighted by atomic mass is 10.1. The maximum atomic E-state index is 4.00. The van der Waals surface area contributed by atoms with Gasteiger partial charge in [-0.2, -0.15) is 0 Å². The van der Waals surface area contributed by atoms with E-state index in [0.717, 1.165) is 5.56 Å². The Bertz CT molecular complexity index is 432. The molecule has 0 aliphatic heterocycles. The summed E-state index contributed by atoms with van der Waals surface area (Å²) in [5.41, 5.74) is 1.10. The molecular formula is C12H11S. The molecule has 2 rings (SSSR count). The first kappa shape index (κ1) is 8.64. The standard InChI is InChI=1S/C12H11S/c1-9-4-3-5-10-8-11(13-2)6-7-12(9)10/h3-8H,1H2,2H3. The van der Waals surface area contributed by atoms with Crippen molar-refractivity contribution in [3.8, 4) is 0 Å². The topological polar surface area (TPSA) is 0 Å².